The lowest BCUT2D eigenvalue weighted by Crippen LogP contribution is -2.41. The maximum Gasteiger partial charge on any atom is 0.332 e. The molecule has 1 aliphatic rings. The van der Waals surface area contributed by atoms with E-state index in [1.54, 1.807) is 0 Å². The molecule has 0 aromatic carbocycles. The number of aliphatic hydroxyl groups excluding tert-OH is 1. The summed E-state index contributed by atoms with van der Waals surface area (Å²) in [6, 6.07) is -0.693. The van der Waals surface area contributed by atoms with E-state index in [2.05, 4.69) is 10.2 Å². The van der Waals surface area contributed by atoms with Crippen LogP contribution < -0.4 is 5.32 Å². The van der Waals surface area contributed by atoms with Gasteiger partial charge in [0.25, 0.3) is 0 Å². The summed E-state index contributed by atoms with van der Waals surface area (Å²) in [7, 11) is 0. The van der Waals surface area contributed by atoms with Crippen molar-refractivity contribution in [3.05, 3.63) is 0 Å². The van der Waals surface area contributed by atoms with Crippen molar-refractivity contribution in [2.24, 2.45) is 0 Å². The Morgan fingerprint density at radius 3 is 2.26 bits per heavy atom. The van der Waals surface area contributed by atoms with E-state index in [0.717, 1.165) is 32.5 Å². The fraction of sp³-hybridized carbons (Fsp3) is 0.833. The number of carboxylic acids is 2. The average Bonchev–Trinajstić information content (AvgIpc) is 2.85. The number of hydrogen-bond acceptors (Lipinski definition) is 5. The highest BCUT2D eigenvalue weighted by Crippen LogP contribution is 2.08. The highest BCUT2D eigenvalue weighted by atomic mass is 16.4. The largest absolute Gasteiger partial charge is 0.480 e. The molecule has 1 fully saturated rings. The van der Waals surface area contributed by atoms with Crippen LogP contribution in [0.15, 0.2) is 0 Å². The molecule has 110 valence electrons. The first-order chi connectivity index (χ1) is 9.00. The van der Waals surface area contributed by atoms with Crippen LogP contribution in [0, 0.1) is 0 Å². The highest BCUT2D eigenvalue weighted by Gasteiger charge is 2.20. The predicted molar refractivity (Wildman–Crippen MR) is 68.0 cm³/mol. The van der Waals surface area contributed by atoms with Crippen molar-refractivity contribution in [3.63, 3.8) is 0 Å². The molecule has 4 N–H and O–H groups in total. The molecule has 7 nitrogen and oxygen atoms in total. The number of likely N-dealkylation sites (tertiary alicyclic amines) is 1. The molecule has 2 atom stereocenters. The summed E-state index contributed by atoms with van der Waals surface area (Å²) in [6.07, 6.45) is 1.37. The van der Waals surface area contributed by atoms with Gasteiger partial charge in [0.1, 0.15) is 6.04 Å². The molecule has 0 saturated carbocycles. The summed E-state index contributed by atoms with van der Waals surface area (Å²) < 4.78 is 0. The van der Waals surface area contributed by atoms with Gasteiger partial charge in [-0.1, -0.05) is 0 Å². The van der Waals surface area contributed by atoms with Crippen LogP contribution in [-0.2, 0) is 9.59 Å². The first kappa shape index (κ1) is 15.9. The van der Waals surface area contributed by atoms with E-state index in [0.29, 0.717) is 6.42 Å². The number of rotatable bonds is 9. The number of nitrogens with one attached hydrogen (secondary N) is 1. The molecule has 0 aromatic heterocycles. The van der Waals surface area contributed by atoms with Crippen LogP contribution >= 0.6 is 0 Å². The number of aliphatic hydroxyl groups is 1. The first-order valence-corrected chi connectivity index (χ1v) is 6.60. The Morgan fingerprint density at radius 2 is 1.74 bits per heavy atom. The normalized spacial score (nSPS) is 19.2. The molecular formula is C12H22N2O5. The van der Waals surface area contributed by atoms with Crippen LogP contribution in [0.25, 0.3) is 0 Å². The highest BCUT2D eigenvalue weighted by molar-refractivity contribution is 5.73. The summed E-state index contributed by atoms with van der Waals surface area (Å²) in [4.78, 5) is 23.7. The number of carbonyl (C=O) groups is 2. The molecule has 7 heteroatoms. The summed E-state index contributed by atoms with van der Waals surface area (Å²) in [5.41, 5.74) is 0. The number of aliphatic carboxylic acids is 2. The average molecular weight is 274 g/mol. The Balaban J connectivity index is 2.23. The lowest BCUT2D eigenvalue weighted by molar-refractivity contribution is -0.146. The fourth-order valence-corrected chi connectivity index (χ4v) is 2.15. The molecule has 0 radical (unpaired) electrons. The quantitative estimate of drug-likeness (QED) is 0.442. The lowest BCUT2D eigenvalue weighted by Gasteiger charge is -2.19. The third-order valence-electron chi connectivity index (χ3n) is 3.32. The molecule has 0 spiro atoms. The molecule has 19 heavy (non-hydrogen) atoms. The Labute approximate surface area is 112 Å². The van der Waals surface area contributed by atoms with Gasteiger partial charge in [-0.25, -0.2) is 4.79 Å². The zero-order chi connectivity index (χ0) is 14.3. The van der Waals surface area contributed by atoms with E-state index < -0.39 is 24.1 Å². The first-order valence-electron chi connectivity index (χ1n) is 6.60. The maximum absolute atomic E-state index is 11.1. The summed E-state index contributed by atoms with van der Waals surface area (Å²) in [5.74, 6) is -2.23. The van der Waals surface area contributed by atoms with E-state index in [4.69, 9.17) is 15.3 Å². The Kier molecular flexibility index (Phi) is 6.75. The standard InChI is InChI=1S/C12H22N2O5/c15-10(12(18)19)3-5-13-9(11(16)17)4-8-14-6-1-2-7-14/h9-10,13,15H,1-8H2,(H,16,17)(H,18,19). The topological polar surface area (TPSA) is 110 Å². The second kappa shape index (κ2) is 8.08. The van der Waals surface area contributed by atoms with Crippen LogP contribution in [0.1, 0.15) is 25.7 Å². The van der Waals surface area contributed by atoms with E-state index in [9.17, 15) is 9.59 Å². The van der Waals surface area contributed by atoms with Crippen LogP contribution in [0.2, 0.25) is 0 Å². The molecular weight excluding hydrogens is 252 g/mol. The number of nitrogens with zero attached hydrogens (tertiary/aromatic N) is 1. The second-order valence-electron chi connectivity index (χ2n) is 4.83. The van der Waals surface area contributed by atoms with E-state index in [-0.39, 0.29) is 13.0 Å². The molecule has 1 rings (SSSR count). The van der Waals surface area contributed by atoms with Crippen LogP contribution in [-0.4, -0.2) is 70.5 Å². The predicted octanol–water partition coefficient (Wildman–Crippen LogP) is -0.649. The van der Waals surface area contributed by atoms with Crippen LogP contribution in [0.4, 0.5) is 0 Å². The molecule has 2 unspecified atom stereocenters. The third kappa shape index (κ3) is 6.00. The van der Waals surface area contributed by atoms with Crippen molar-refractivity contribution < 1.29 is 24.9 Å². The zero-order valence-electron chi connectivity index (χ0n) is 10.9. The van der Waals surface area contributed by atoms with Crippen molar-refractivity contribution in [1.29, 1.82) is 0 Å². The molecule has 0 aromatic rings. The van der Waals surface area contributed by atoms with Gasteiger partial charge in [0.15, 0.2) is 6.10 Å². The van der Waals surface area contributed by atoms with E-state index in [1.807, 2.05) is 0 Å². The number of hydrogen-bond donors (Lipinski definition) is 4. The maximum atomic E-state index is 11.1. The van der Waals surface area contributed by atoms with Gasteiger partial charge in [0, 0.05) is 6.54 Å². The van der Waals surface area contributed by atoms with Crippen LogP contribution in [0.5, 0.6) is 0 Å². The van der Waals surface area contributed by atoms with Gasteiger partial charge in [-0.05, 0) is 45.3 Å². The van der Waals surface area contributed by atoms with E-state index in [1.165, 1.54) is 0 Å². The van der Waals surface area contributed by atoms with Crippen molar-refractivity contribution in [3.8, 4) is 0 Å². The monoisotopic (exact) mass is 274 g/mol. The number of carboxylic acid groups (broad SMARTS) is 2. The minimum absolute atomic E-state index is 0.00281. The SMILES string of the molecule is O=C(O)C(O)CCNC(CCN1CCCC1)C(=O)O. The van der Waals surface area contributed by atoms with Gasteiger partial charge >= 0.3 is 11.9 Å². The minimum atomic E-state index is -1.44. The second-order valence-corrected chi connectivity index (χ2v) is 4.83. The molecule has 1 aliphatic heterocycles. The van der Waals surface area contributed by atoms with Crippen molar-refractivity contribution in [2.45, 2.75) is 37.8 Å². The summed E-state index contributed by atoms with van der Waals surface area (Å²) >= 11 is 0. The minimum Gasteiger partial charge on any atom is -0.480 e. The smallest absolute Gasteiger partial charge is 0.332 e. The van der Waals surface area contributed by atoms with Gasteiger partial charge in [-0.3, -0.25) is 4.79 Å². The van der Waals surface area contributed by atoms with Gasteiger partial charge in [-0.15, -0.1) is 0 Å². The molecule has 0 bridgehead atoms. The molecule has 1 saturated heterocycles. The van der Waals surface area contributed by atoms with Crippen molar-refractivity contribution >= 4 is 11.9 Å². The zero-order valence-corrected chi connectivity index (χ0v) is 10.9. The summed E-state index contributed by atoms with van der Waals surface area (Å²) in [6.45, 7) is 2.93. The molecule has 0 aliphatic carbocycles. The van der Waals surface area contributed by atoms with E-state index >= 15 is 0 Å². The Morgan fingerprint density at radius 1 is 1.11 bits per heavy atom. The van der Waals surface area contributed by atoms with Crippen molar-refractivity contribution in [1.82, 2.24) is 10.2 Å². The van der Waals surface area contributed by atoms with Gasteiger partial charge < -0.3 is 25.5 Å². The van der Waals surface area contributed by atoms with Gasteiger partial charge in [-0.2, -0.15) is 0 Å². The van der Waals surface area contributed by atoms with Crippen molar-refractivity contribution in [2.75, 3.05) is 26.2 Å². The van der Waals surface area contributed by atoms with Gasteiger partial charge in [0.05, 0.1) is 0 Å². The van der Waals surface area contributed by atoms with Crippen LogP contribution in [0.3, 0.4) is 0 Å². The van der Waals surface area contributed by atoms with Gasteiger partial charge in [0.2, 0.25) is 0 Å². The Hall–Kier alpha value is -1.18. The lowest BCUT2D eigenvalue weighted by atomic mass is 10.2. The summed E-state index contributed by atoms with van der Waals surface area (Å²) in [5, 5.41) is 29.4. The molecule has 1 heterocycles. The molecule has 0 amide bonds. The fourth-order valence-electron chi connectivity index (χ4n) is 2.15. The Bertz CT molecular complexity index is 304. The third-order valence-corrected chi connectivity index (χ3v) is 3.32.